The smallest absolute Gasteiger partial charge is 0.500 e. The molecule has 108 valence electrons. The molecule has 1 heterocycles. The van der Waals surface area contributed by atoms with Crippen LogP contribution in [0.1, 0.15) is 63.0 Å². The Morgan fingerprint density at radius 2 is 1.60 bits per heavy atom. The Morgan fingerprint density at radius 1 is 1.00 bits per heavy atom. The third-order valence-corrected chi connectivity index (χ3v) is 3.41. The zero-order valence-electron chi connectivity index (χ0n) is 12.9. The minimum atomic E-state index is -1.53. The summed E-state index contributed by atoms with van der Waals surface area (Å²) in [6, 6.07) is 3.84. The van der Waals surface area contributed by atoms with Crippen LogP contribution < -0.4 is 4.65 Å². The summed E-state index contributed by atoms with van der Waals surface area (Å²) in [6.45, 7) is 12.4. The lowest BCUT2D eigenvalue weighted by Crippen LogP contribution is -2.36. The van der Waals surface area contributed by atoms with Crippen LogP contribution in [0.25, 0.3) is 0 Å². The lowest BCUT2D eigenvalue weighted by atomic mass is 9.78. The van der Waals surface area contributed by atoms with Gasteiger partial charge in [0.1, 0.15) is 5.75 Å². The van der Waals surface area contributed by atoms with Crippen molar-refractivity contribution in [3.8, 4) is 5.75 Å². The van der Waals surface area contributed by atoms with Crippen molar-refractivity contribution >= 4 is 13.3 Å². The van der Waals surface area contributed by atoms with Gasteiger partial charge in [0.2, 0.25) is 0 Å². The van der Waals surface area contributed by atoms with E-state index in [1.807, 2.05) is 26.8 Å². The molecule has 0 fully saturated rings. The highest BCUT2D eigenvalue weighted by Crippen LogP contribution is 2.40. The summed E-state index contributed by atoms with van der Waals surface area (Å²) in [5.74, 6) is -0.121. The van der Waals surface area contributed by atoms with Gasteiger partial charge in [-0.2, -0.15) is 0 Å². The first kappa shape index (κ1) is 14.9. The van der Waals surface area contributed by atoms with Crippen LogP contribution >= 0.6 is 0 Å². The number of hydrogen-bond donors (Lipinski definition) is 1. The summed E-state index contributed by atoms with van der Waals surface area (Å²) in [5, 5.41) is 9.48. The molecule has 0 bridgehead atoms. The SMILES string of the molecule is CC(C)(C)c1cc2c(c(C(C)(C)C)c1)OB(O)OC2=O. The molecule has 0 saturated carbocycles. The maximum Gasteiger partial charge on any atom is 0.787 e. The number of rotatable bonds is 0. The molecular weight excluding hydrogens is 255 g/mol. The van der Waals surface area contributed by atoms with Crippen molar-refractivity contribution in [2.24, 2.45) is 0 Å². The predicted molar refractivity (Wildman–Crippen MR) is 77.9 cm³/mol. The monoisotopic (exact) mass is 276 g/mol. The van der Waals surface area contributed by atoms with Gasteiger partial charge in [-0.3, -0.25) is 0 Å². The molecule has 0 unspecified atom stereocenters. The standard InChI is InChI=1S/C15H21BO4/c1-14(2,3)9-7-10-12(11(8-9)15(4,5)6)19-16(18)20-13(10)17/h7-8,18H,1-6H3. The van der Waals surface area contributed by atoms with Crippen LogP contribution in [0.2, 0.25) is 0 Å². The summed E-state index contributed by atoms with van der Waals surface area (Å²) in [7, 11) is -1.53. The molecule has 1 aromatic rings. The van der Waals surface area contributed by atoms with Crippen molar-refractivity contribution in [1.82, 2.24) is 0 Å². The van der Waals surface area contributed by atoms with Gasteiger partial charge in [0.15, 0.2) is 0 Å². The van der Waals surface area contributed by atoms with E-state index >= 15 is 0 Å². The second kappa shape index (κ2) is 4.52. The molecule has 0 radical (unpaired) electrons. The van der Waals surface area contributed by atoms with Gasteiger partial charge < -0.3 is 14.3 Å². The van der Waals surface area contributed by atoms with Gasteiger partial charge >= 0.3 is 13.3 Å². The van der Waals surface area contributed by atoms with Crippen molar-refractivity contribution < 1.29 is 19.1 Å². The minimum Gasteiger partial charge on any atom is -0.500 e. The fourth-order valence-electron chi connectivity index (χ4n) is 2.18. The van der Waals surface area contributed by atoms with Crippen LogP contribution in [0.4, 0.5) is 0 Å². The number of carbonyl (C=O) groups is 1. The van der Waals surface area contributed by atoms with Crippen LogP contribution in [0, 0.1) is 0 Å². The van der Waals surface area contributed by atoms with E-state index in [0.717, 1.165) is 11.1 Å². The van der Waals surface area contributed by atoms with Crippen molar-refractivity contribution in [2.45, 2.75) is 52.4 Å². The zero-order valence-corrected chi connectivity index (χ0v) is 12.9. The van der Waals surface area contributed by atoms with Crippen molar-refractivity contribution in [1.29, 1.82) is 0 Å². The van der Waals surface area contributed by atoms with Crippen molar-refractivity contribution in [2.75, 3.05) is 0 Å². The molecular formula is C15H21BO4. The fourth-order valence-corrected chi connectivity index (χ4v) is 2.18. The largest absolute Gasteiger partial charge is 0.787 e. The topological polar surface area (TPSA) is 55.8 Å². The molecule has 0 saturated heterocycles. The van der Waals surface area contributed by atoms with E-state index in [1.54, 1.807) is 6.07 Å². The van der Waals surface area contributed by atoms with Crippen LogP contribution in [0.15, 0.2) is 12.1 Å². The molecule has 1 aliphatic rings. The van der Waals surface area contributed by atoms with Gasteiger partial charge in [-0.1, -0.05) is 47.6 Å². The Labute approximate surface area is 120 Å². The molecule has 1 aromatic carbocycles. The van der Waals surface area contributed by atoms with Crippen LogP contribution in [0.5, 0.6) is 5.75 Å². The van der Waals surface area contributed by atoms with E-state index in [-0.39, 0.29) is 10.8 Å². The second-order valence-corrected chi connectivity index (χ2v) is 7.23. The van der Waals surface area contributed by atoms with Crippen LogP contribution in [-0.4, -0.2) is 18.3 Å². The number of hydrogen-bond acceptors (Lipinski definition) is 4. The molecule has 0 spiro atoms. The molecule has 5 heteroatoms. The first-order chi connectivity index (χ1) is 9.00. The highest BCUT2D eigenvalue weighted by atomic mass is 16.7. The highest BCUT2D eigenvalue weighted by Gasteiger charge is 2.38. The third kappa shape index (κ3) is 2.68. The number of fused-ring (bicyclic) bond motifs is 1. The second-order valence-electron chi connectivity index (χ2n) is 7.23. The van der Waals surface area contributed by atoms with E-state index in [2.05, 4.69) is 20.8 Å². The van der Waals surface area contributed by atoms with Crippen molar-refractivity contribution in [3.63, 3.8) is 0 Å². The van der Waals surface area contributed by atoms with Crippen LogP contribution in [0.3, 0.4) is 0 Å². The normalized spacial score (nSPS) is 15.6. The Morgan fingerprint density at radius 3 is 2.10 bits per heavy atom. The predicted octanol–water partition coefficient (Wildman–Crippen LogP) is 2.81. The third-order valence-electron chi connectivity index (χ3n) is 3.41. The summed E-state index contributed by atoms with van der Waals surface area (Å²) in [4.78, 5) is 12.0. The molecule has 0 atom stereocenters. The van der Waals surface area contributed by atoms with E-state index < -0.39 is 13.3 Å². The first-order valence-corrected chi connectivity index (χ1v) is 6.75. The minimum absolute atomic E-state index is 0.0919. The van der Waals surface area contributed by atoms with E-state index in [9.17, 15) is 9.82 Å². The number of benzene rings is 1. The molecule has 1 aliphatic heterocycles. The quantitative estimate of drug-likeness (QED) is 0.740. The lowest BCUT2D eigenvalue weighted by Gasteiger charge is -2.31. The van der Waals surface area contributed by atoms with Crippen LogP contribution in [-0.2, 0) is 15.5 Å². The molecule has 0 aromatic heterocycles. The van der Waals surface area contributed by atoms with Gasteiger partial charge in [0.05, 0.1) is 5.56 Å². The van der Waals surface area contributed by atoms with E-state index in [1.165, 1.54) is 0 Å². The summed E-state index contributed by atoms with van der Waals surface area (Å²) in [6.07, 6.45) is 0. The average Bonchev–Trinajstić information content (AvgIpc) is 2.24. The van der Waals surface area contributed by atoms with Gasteiger partial charge in [0.25, 0.3) is 0 Å². The molecule has 2 rings (SSSR count). The fraction of sp³-hybridized carbons (Fsp3) is 0.533. The van der Waals surface area contributed by atoms with Crippen molar-refractivity contribution in [3.05, 3.63) is 28.8 Å². The van der Waals surface area contributed by atoms with E-state index in [0.29, 0.717) is 11.3 Å². The molecule has 4 nitrogen and oxygen atoms in total. The summed E-state index contributed by atoms with van der Waals surface area (Å²) in [5.41, 5.74) is 2.02. The summed E-state index contributed by atoms with van der Waals surface area (Å²) >= 11 is 0. The van der Waals surface area contributed by atoms with Gasteiger partial charge in [0, 0.05) is 0 Å². The Kier molecular flexibility index (Phi) is 3.37. The first-order valence-electron chi connectivity index (χ1n) is 6.75. The Balaban J connectivity index is 2.72. The maximum absolute atomic E-state index is 12.0. The van der Waals surface area contributed by atoms with Gasteiger partial charge in [-0.25, -0.2) is 4.79 Å². The average molecular weight is 276 g/mol. The Bertz CT molecular complexity index is 552. The molecule has 20 heavy (non-hydrogen) atoms. The van der Waals surface area contributed by atoms with Gasteiger partial charge in [-0.05, 0) is 28.0 Å². The Hall–Kier alpha value is -1.49. The van der Waals surface area contributed by atoms with Gasteiger partial charge in [-0.15, -0.1) is 0 Å². The molecule has 0 aliphatic carbocycles. The maximum atomic E-state index is 12.0. The molecule has 1 N–H and O–H groups in total. The molecule has 0 amide bonds. The highest BCUT2D eigenvalue weighted by molar-refractivity contribution is 6.41. The lowest BCUT2D eigenvalue weighted by molar-refractivity contribution is 0.0618. The zero-order chi connectivity index (χ0) is 15.3. The number of carbonyl (C=O) groups excluding carboxylic acids is 1. The summed E-state index contributed by atoms with van der Waals surface area (Å²) < 4.78 is 10.1. The van der Waals surface area contributed by atoms with E-state index in [4.69, 9.17) is 9.31 Å².